The molecule has 0 aliphatic carbocycles. The van der Waals surface area contributed by atoms with Gasteiger partial charge in [0.15, 0.2) is 5.58 Å². The van der Waals surface area contributed by atoms with Crippen LogP contribution in [0, 0.1) is 0 Å². The van der Waals surface area contributed by atoms with Crippen LogP contribution in [0.4, 0.5) is 0 Å². The summed E-state index contributed by atoms with van der Waals surface area (Å²) in [6.07, 6.45) is 0.529. The number of hydrogen-bond donors (Lipinski definition) is 2. The van der Waals surface area contributed by atoms with Gasteiger partial charge in [0, 0.05) is 25.1 Å². The van der Waals surface area contributed by atoms with Gasteiger partial charge in [0.1, 0.15) is 11.6 Å². The fraction of sp³-hybridized carbons (Fsp3) is 0.227. The lowest BCUT2D eigenvalue weighted by atomic mass is 10.0. The number of carbonyl (C=O) groups excluding carboxylic acids is 4. The van der Waals surface area contributed by atoms with Gasteiger partial charge < -0.3 is 14.6 Å². The molecular formula is C22H18N4O5. The molecule has 156 valence electrons. The molecule has 9 heteroatoms. The van der Waals surface area contributed by atoms with Crippen LogP contribution in [0.3, 0.4) is 0 Å². The Hall–Kier alpha value is -4.01. The number of aromatic nitrogens is 1. The predicted molar refractivity (Wildman–Crippen MR) is 108 cm³/mol. The molecule has 1 unspecified atom stereocenters. The van der Waals surface area contributed by atoms with Crippen molar-refractivity contribution in [2.75, 3.05) is 0 Å². The number of para-hydroxylation sites is 2. The normalized spacial score (nSPS) is 18.3. The molecule has 2 N–H and O–H groups in total. The number of piperidine rings is 1. The largest absolute Gasteiger partial charge is 0.432 e. The number of nitrogens with zero attached hydrogens (tertiary/aromatic N) is 2. The average Bonchev–Trinajstić information content (AvgIpc) is 3.34. The molecule has 2 aliphatic heterocycles. The van der Waals surface area contributed by atoms with Crippen molar-refractivity contribution in [2.45, 2.75) is 32.0 Å². The third kappa shape index (κ3) is 3.43. The molecule has 1 atom stereocenters. The summed E-state index contributed by atoms with van der Waals surface area (Å²) in [5.41, 5.74) is 3.18. The number of nitrogens with one attached hydrogen (secondary N) is 2. The number of carbonyl (C=O) groups is 4. The minimum Gasteiger partial charge on any atom is -0.432 e. The topological polar surface area (TPSA) is 122 Å². The van der Waals surface area contributed by atoms with Gasteiger partial charge in [-0.2, -0.15) is 0 Å². The molecule has 1 aromatic heterocycles. The van der Waals surface area contributed by atoms with Gasteiger partial charge in [-0.3, -0.25) is 24.5 Å². The lowest BCUT2D eigenvalue weighted by Gasteiger charge is -2.29. The number of hydrogen-bond acceptors (Lipinski definition) is 6. The summed E-state index contributed by atoms with van der Waals surface area (Å²) in [6, 6.07) is 11.8. The molecule has 2 aromatic carbocycles. The van der Waals surface area contributed by atoms with Gasteiger partial charge in [0.2, 0.25) is 11.8 Å². The summed E-state index contributed by atoms with van der Waals surface area (Å²) in [5, 5.41) is 5.04. The summed E-state index contributed by atoms with van der Waals surface area (Å²) in [6.45, 7) is 0.506. The lowest BCUT2D eigenvalue weighted by Crippen LogP contribution is -2.52. The summed E-state index contributed by atoms with van der Waals surface area (Å²) in [4.78, 5) is 54.5. The van der Waals surface area contributed by atoms with E-state index in [4.69, 9.17) is 4.42 Å². The second kappa shape index (κ2) is 7.35. The molecular weight excluding hydrogens is 400 g/mol. The zero-order valence-electron chi connectivity index (χ0n) is 16.4. The first kappa shape index (κ1) is 19.0. The molecule has 1 saturated heterocycles. The van der Waals surface area contributed by atoms with E-state index in [2.05, 4.69) is 15.6 Å². The maximum atomic E-state index is 12.9. The van der Waals surface area contributed by atoms with E-state index < -0.39 is 17.9 Å². The Balaban J connectivity index is 1.28. The van der Waals surface area contributed by atoms with E-state index in [-0.39, 0.29) is 30.7 Å². The van der Waals surface area contributed by atoms with Gasteiger partial charge in [-0.15, -0.1) is 0 Å². The number of rotatable bonds is 4. The van der Waals surface area contributed by atoms with Crippen molar-refractivity contribution in [3.63, 3.8) is 0 Å². The van der Waals surface area contributed by atoms with Crippen LogP contribution in [0.5, 0.6) is 0 Å². The minimum absolute atomic E-state index is 0.0255. The van der Waals surface area contributed by atoms with E-state index in [1.54, 1.807) is 24.3 Å². The highest BCUT2D eigenvalue weighted by atomic mass is 16.4. The van der Waals surface area contributed by atoms with Crippen LogP contribution in [-0.4, -0.2) is 39.6 Å². The van der Waals surface area contributed by atoms with Crippen molar-refractivity contribution in [1.82, 2.24) is 20.5 Å². The second-order valence-corrected chi connectivity index (χ2v) is 7.56. The number of oxazole rings is 1. The van der Waals surface area contributed by atoms with E-state index >= 15 is 0 Å². The Morgan fingerprint density at radius 2 is 2.03 bits per heavy atom. The number of imide groups is 1. The van der Waals surface area contributed by atoms with Crippen LogP contribution in [0.15, 0.2) is 46.9 Å². The van der Waals surface area contributed by atoms with Crippen molar-refractivity contribution in [1.29, 1.82) is 0 Å². The fourth-order valence-corrected chi connectivity index (χ4v) is 3.94. The Morgan fingerprint density at radius 1 is 1.19 bits per heavy atom. The van der Waals surface area contributed by atoms with E-state index in [1.807, 2.05) is 18.2 Å². The molecule has 0 saturated carbocycles. The molecule has 1 fully saturated rings. The van der Waals surface area contributed by atoms with Gasteiger partial charge >= 0.3 is 5.91 Å². The van der Waals surface area contributed by atoms with E-state index in [0.29, 0.717) is 29.6 Å². The summed E-state index contributed by atoms with van der Waals surface area (Å²) >= 11 is 0. The van der Waals surface area contributed by atoms with Gasteiger partial charge in [0.05, 0.1) is 0 Å². The van der Waals surface area contributed by atoms with Crippen molar-refractivity contribution in [3.8, 4) is 0 Å². The van der Waals surface area contributed by atoms with Crippen molar-refractivity contribution in [2.24, 2.45) is 0 Å². The Morgan fingerprint density at radius 3 is 2.84 bits per heavy atom. The van der Waals surface area contributed by atoms with Crippen molar-refractivity contribution < 1.29 is 23.6 Å². The summed E-state index contributed by atoms with van der Waals surface area (Å²) in [7, 11) is 0. The molecule has 5 rings (SSSR count). The summed E-state index contributed by atoms with van der Waals surface area (Å²) in [5.74, 6) is -1.49. The quantitative estimate of drug-likeness (QED) is 0.620. The zero-order chi connectivity index (χ0) is 21.5. The highest BCUT2D eigenvalue weighted by molar-refractivity contribution is 6.05. The monoisotopic (exact) mass is 418 g/mol. The van der Waals surface area contributed by atoms with Crippen molar-refractivity contribution in [3.05, 3.63) is 65.0 Å². The summed E-state index contributed by atoms with van der Waals surface area (Å²) < 4.78 is 5.46. The SMILES string of the molecule is O=C1CCC(N2Cc3ccc(CNC(=O)c4nc5ccccc5o4)cc3C2=O)C(=O)N1. The number of amides is 4. The molecule has 3 heterocycles. The first-order chi connectivity index (χ1) is 15.0. The van der Waals surface area contributed by atoms with E-state index in [9.17, 15) is 19.2 Å². The molecule has 0 radical (unpaired) electrons. The Kier molecular flexibility index (Phi) is 4.50. The molecule has 0 bridgehead atoms. The minimum atomic E-state index is -0.653. The Labute approximate surface area is 176 Å². The first-order valence-corrected chi connectivity index (χ1v) is 9.90. The molecule has 9 nitrogen and oxygen atoms in total. The standard InChI is InChI=1S/C22H18N4O5/c27-18-8-7-16(19(28)25-18)26-11-13-6-5-12(9-14(13)22(26)30)10-23-20(29)21-24-15-3-1-2-4-17(15)31-21/h1-6,9,16H,7-8,10-11H2,(H,23,29)(H,25,27,28). The third-order valence-corrected chi connectivity index (χ3v) is 5.53. The van der Waals surface area contributed by atoms with Crippen LogP contribution in [0.25, 0.3) is 11.1 Å². The maximum Gasteiger partial charge on any atom is 0.307 e. The highest BCUT2D eigenvalue weighted by Crippen LogP contribution is 2.28. The third-order valence-electron chi connectivity index (χ3n) is 5.53. The molecule has 3 aromatic rings. The fourth-order valence-electron chi connectivity index (χ4n) is 3.94. The molecule has 31 heavy (non-hydrogen) atoms. The van der Waals surface area contributed by atoms with Crippen LogP contribution in [-0.2, 0) is 22.7 Å². The lowest BCUT2D eigenvalue weighted by molar-refractivity contribution is -0.136. The van der Waals surface area contributed by atoms with E-state index in [0.717, 1.165) is 11.1 Å². The predicted octanol–water partition coefficient (Wildman–Crippen LogP) is 1.52. The van der Waals surface area contributed by atoms with E-state index in [1.165, 1.54) is 4.90 Å². The average molecular weight is 418 g/mol. The molecule has 4 amide bonds. The maximum absolute atomic E-state index is 12.9. The van der Waals surface area contributed by atoms with Crippen LogP contribution in [0.2, 0.25) is 0 Å². The van der Waals surface area contributed by atoms with Crippen molar-refractivity contribution >= 4 is 34.7 Å². The Bertz CT molecular complexity index is 1210. The second-order valence-electron chi connectivity index (χ2n) is 7.56. The van der Waals surface area contributed by atoms with Gasteiger partial charge in [-0.05, 0) is 35.7 Å². The van der Waals surface area contributed by atoms with Crippen LogP contribution >= 0.6 is 0 Å². The first-order valence-electron chi connectivity index (χ1n) is 9.90. The van der Waals surface area contributed by atoms with Gasteiger partial charge in [0.25, 0.3) is 11.8 Å². The number of fused-ring (bicyclic) bond motifs is 2. The van der Waals surface area contributed by atoms with Gasteiger partial charge in [-0.25, -0.2) is 4.98 Å². The van der Waals surface area contributed by atoms with Crippen LogP contribution in [0.1, 0.15) is 45.0 Å². The molecule has 2 aliphatic rings. The zero-order valence-corrected chi connectivity index (χ0v) is 16.4. The highest BCUT2D eigenvalue weighted by Gasteiger charge is 2.39. The van der Waals surface area contributed by atoms with Gasteiger partial charge in [-0.1, -0.05) is 24.3 Å². The smallest absolute Gasteiger partial charge is 0.307 e. The molecule has 0 spiro atoms. The number of benzene rings is 2. The van der Waals surface area contributed by atoms with Crippen LogP contribution < -0.4 is 10.6 Å².